The molecule has 21 heavy (non-hydrogen) atoms. The number of likely N-dealkylation sites (N-methyl/N-ethyl adjacent to an activating group) is 1. The second-order valence-electron chi connectivity index (χ2n) is 6.23. The molecule has 1 aliphatic heterocycles. The Morgan fingerprint density at radius 2 is 2.10 bits per heavy atom. The molecule has 1 heterocycles. The van der Waals surface area contributed by atoms with Gasteiger partial charge in [0, 0.05) is 30.3 Å². The molecular weight excluding hydrogens is 280 g/mol. The number of rotatable bonds is 7. The van der Waals surface area contributed by atoms with Gasteiger partial charge < -0.3 is 15.0 Å². The molecule has 0 aliphatic carbocycles. The Bertz CT molecular complexity index is 408. The lowest BCUT2D eigenvalue weighted by Crippen LogP contribution is -2.41. The van der Waals surface area contributed by atoms with Crippen LogP contribution in [-0.4, -0.2) is 50.0 Å². The van der Waals surface area contributed by atoms with E-state index in [0.29, 0.717) is 12.0 Å². The molecule has 118 valence electrons. The van der Waals surface area contributed by atoms with Crippen molar-refractivity contribution in [2.24, 2.45) is 5.92 Å². The predicted molar refractivity (Wildman–Crippen MR) is 90.9 cm³/mol. The lowest BCUT2D eigenvalue weighted by molar-refractivity contribution is -0.00598. The monoisotopic (exact) mass is 308 g/mol. The van der Waals surface area contributed by atoms with E-state index >= 15 is 0 Å². The first-order valence-corrected chi connectivity index (χ1v) is 8.84. The van der Waals surface area contributed by atoms with E-state index in [9.17, 15) is 0 Å². The first-order chi connectivity index (χ1) is 10.1. The number of benzene rings is 1. The summed E-state index contributed by atoms with van der Waals surface area (Å²) >= 11 is 1.89. The van der Waals surface area contributed by atoms with E-state index in [2.05, 4.69) is 55.4 Å². The van der Waals surface area contributed by atoms with Gasteiger partial charge in [-0.2, -0.15) is 0 Å². The van der Waals surface area contributed by atoms with Crippen LogP contribution in [0, 0.1) is 5.92 Å². The Hall–Kier alpha value is -0.550. The number of thioether (sulfide) groups is 1. The average molecular weight is 308 g/mol. The van der Waals surface area contributed by atoms with Crippen LogP contribution in [0.25, 0.3) is 0 Å². The van der Waals surface area contributed by atoms with Crippen LogP contribution in [0.4, 0.5) is 0 Å². The summed E-state index contributed by atoms with van der Waals surface area (Å²) in [5, 5.41) is 3.48. The Morgan fingerprint density at radius 1 is 1.33 bits per heavy atom. The van der Waals surface area contributed by atoms with Gasteiger partial charge in [-0.25, -0.2) is 0 Å². The summed E-state index contributed by atoms with van der Waals surface area (Å²) in [6, 6.07) is 8.90. The minimum atomic E-state index is 0.362. The van der Waals surface area contributed by atoms with E-state index in [4.69, 9.17) is 4.74 Å². The zero-order chi connectivity index (χ0) is 15.1. The molecule has 4 heteroatoms. The molecule has 3 nitrogen and oxygen atoms in total. The van der Waals surface area contributed by atoms with E-state index in [-0.39, 0.29) is 0 Å². The van der Waals surface area contributed by atoms with Crippen molar-refractivity contribution in [2.45, 2.75) is 31.4 Å². The molecule has 2 rings (SSSR count). The maximum atomic E-state index is 5.80. The molecule has 1 fully saturated rings. The van der Waals surface area contributed by atoms with Gasteiger partial charge in [0.15, 0.2) is 0 Å². The molecule has 0 aromatic heterocycles. The van der Waals surface area contributed by atoms with Gasteiger partial charge in [-0.15, -0.1) is 11.8 Å². The number of ether oxygens (including phenoxy) is 1. The van der Waals surface area contributed by atoms with Crippen molar-refractivity contribution in [1.82, 2.24) is 10.2 Å². The van der Waals surface area contributed by atoms with E-state index < -0.39 is 0 Å². The molecule has 0 saturated carbocycles. The first kappa shape index (κ1) is 16.8. The van der Waals surface area contributed by atoms with Crippen molar-refractivity contribution in [2.75, 3.05) is 39.0 Å². The first-order valence-electron chi connectivity index (χ1n) is 7.86. The highest BCUT2D eigenvalue weighted by Crippen LogP contribution is 2.21. The van der Waals surface area contributed by atoms with Crippen molar-refractivity contribution < 1.29 is 4.74 Å². The van der Waals surface area contributed by atoms with Crippen LogP contribution in [0.5, 0.6) is 0 Å². The maximum Gasteiger partial charge on any atom is 0.0796 e. The van der Waals surface area contributed by atoms with E-state index in [1.54, 1.807) is 0 Å². The smallest absolute Gasteiger partial charge is 0.0796 e. The molecule has 1 N–H and O–H groups in total. The van der Waals surface area contributed by atoms with Crippen LogP contribution in [0.15, 0.2) is 29.2 Å². The summed E-state index contributed by atoms with van der Waals surface area (Å²) in [5.74, 6) is 1.74. The number of nitrogens with one attached hydrogen (secondary N) is 1. The van der Waals surface area contributed by atoms with Crippen molar-refractivity contribution in [3.05, 3.63) is 29.8 Å². The number of hydrogen-bond donors (Lipinski definition) is 1. The van der Waals surface area contributed by atoms with Crippen molar-refractivity contribution in [3.63, 3.8) is 0 Å². The fourth-order valence-electron chi connectivity index (χ4n) is 2.37. The Labute approximate surface area is 133 Å². The Kier molecular flexibility index (Phi) is 7.04. The van der Waals surface area contributed by atoms with Gasteiger partial charge in [0.25, 0.3) is 0 Å². The maximum absolute atomic E-state index is 5.80. The molecule has 1 saturated heterocycles. The zero-order valence-corrected chi connectivity index (χ0v) is 14.3. The van der Waals surface area contributed by atoms with Gasteiger partial charge in [-0.3, -0.25) is 0 Å². The van der Waals surface area contributed by atoms with Gasteiger partial charge in [0.2, 0.25) is 0 Å². The van der Waals surface area contributed by atoms with Gasteiger partial charge in [0.1, 0.15) is 0 Å². The van der Waals surface area contributed by atoms with Gasteiger partial charge in [-0.05, 0) is 37.2 Å². The highest BCUT2D eigenvalue weighted by molar-refractivity contribution is 7.99. The molecule has 1 unspecified atom stereocenters. The van der Waals surface area contributed by atoms with Crippen LogP contribution in [0.3, 0.4) is 0 Å². The summed E-state index contributed by atoms with van der Waals surface area (Å²) < 4.78 is 5.80. The molecule has 0 amide bonds. The Balaban J connectivity index is 1.71. The molecule has 0 bridgehead atoms. The minimum absolute atomic E-state index is 0.362. The fourth-order valence-corrected chi connectivity index (χ4v) is 3.27. The van der Waals surface area contributed by atoms with E-state index in [1.165, 1.54) is 10.5 Å². The molecule has 1 aromatic carbocycles. The summed E-state index contributed by atoms with van der Waals surface area (Å²) in [6.07, 6.45) is 0.362. The highest BCUT2D eigenvalue weighted by Gasteiger charge is 2.17. The highest BCUT2D eigenvalue weighted by atomic mass is 32.2. The molecular formula is C17H28N2OS. The van der Waals surface area contributed by atoms with Crippen molar-refractivity contribution in [1.29, 1.82) is 0 Å². The van der Waals surface area contributed by atoms with Crippen LogP contribution < -0.4 is 5.32 Å². The zero-order valence-electron chi connectivity index (χ0n) is 13.5. The topological polar surface area (TPSA) is 24.5 Å². The van der Waals surface area contributed by atoms with Gasteiger partial charge in [0.05, 0.1) is 12.7 Å². The second-order valence-corrected chi connectivity index (χ2v) is 7.33. The molecule has 1 aliphatic rings. The molecule has 0 radical (unpaired) electrons. The lowest BCUT2D eigenvalue weighted by atomic mass is 10.2. The van der Waals surface area contributed by atoms with Crippen LogP contribution in [-0.2, 0) is 11.3 Å². The van der Waals surface area contributed by atoms with Crippen molar-refractivity contribution >= 4 is 11.8 Å². The third-order valence-electron chi connectivity index (χ3n) is 3.58. The van der Waals surface area contributed by atoms with E-state index in [1.807, 2.05) is 11.8 Å². The summed E-state index contributed by atoms with van der Waals surface area (Å²) in [6.45, 7) is 9.46. The summed E-state index contributed by atoms with van der Waals surface area (Å²) in [7, 11) is 2.17. The fraction of sp³-hybridized carbons (Fsp3) is 0.647. The van der Waals surface area contributed by atoms with Crippen LogP contribution in [0.1, 0.15) is 19.4 Å². The third kappa shape index (κ3) is 6.39. The second kappa shape index (κ2) is 8.79. The third-order valence-corrected chi connectivity index (χ3v) is 4.73. The number of nitrogens with zero attached hydrogens (tertiary/aromatic N) is 1. The predicted octanol–water partition coefficient (Wildman–Crippen LogP) is 2.85. The quantitative estimate of drug-likeness (QED) is 0.783. The largest absolute Gasteiger partial charge is 0.375 e. The number of morpholine rings is 1. The number of hydrogen-bond acceptors (Lipinski definition) is 4. The van der Waals surface area contributed by atoms with Crippen LogP contribution in [0.2, 0.25) is 0 Å². The molecule has 1 aromatic rings. The van der Waals surface area contributed by atoms with Gasteiger partial charge >= 0.3 is 0 Å². The Morgan fingerprint density at radius 3 is 2.76 bits per heavy atom. The van der Waals surface area contributed by atoms with Crippen LogP contribution >= 0.6 is 11.8 Å². The average Bonchev–Trinajstić information content (AvgIpc) is 2.46. The molecule has 1 atom stereocenters. The lowest BCUT2D eigenvalue weighted by Gasteiger charge is -2.29. The van der Waals surface area contributed by atoms with Crippen molar-refractivity contribution in [3.8, 4) is 0 Å². The molecule has 0 spiro atoms. The minimum Gasteiger partial charge on any atom is -0.375 e. The standard InChI is InChI=1S/C17H28N2OS/c1-14(2)10-18-11-15-4-6-17(7-5-15)21-13-16-12-19(3)8-9-20-16/h4-7,14,16,18H,8-13H2,1-3H3. The van der Waals surface area contributed by atoms with E-state index in [0.717, 1.165) is 38.5 Å². The summed E-state index contributed by atoms with van der Waals surface area (Å²) in [4.78, 5) is 3.68. The SMILES string of the molecule is CC(C)CNCc1ccc(SCC2CN(C)CCO2)cc1. The van der Waals surface area contributed by atoms with Gasteiger partial charge in [-0.1, -0.05) is 26.0 Å². The normalized spacial score (nSPS) is 20.1. The summed E-state index contributed by atoms with van der Waals surface area (Å²) in [5.41, 5.74) is 1.36.